The lowest BCUT2D eigenvalue weighted by Gasteiger charge is -2.51. The molecule has 1 atom stereocenters. The van der Waals surface area contributed by atoms with Crippen molar-refractivity contribution in [1.29, 1.82) is 0 Å². The first-order chi connectivity index (χ1) is 18.5. The molecular formula is C27H24N10O. The lowest BCUT2D eigenvalue weighted by Crippen LogP contribution is -2.58. The third-order valence-corrected chi connectivity index (χ3v) is 7.49. The fourth-order valence-electron chi connectivity index (χ4n) is 5.37. The summed E-state index contributed by atoms with van der Waals surface area (Å²) in [7, 11) is 0. The fraction of sp³-hybridized carbons (Fsp3) is 0.185. The highest BCUT2D eigenvalue weighted by Crippen LogP contribution is 2.45. The molecule has 1 aromatic carbocycles. The Balaban J connectivity index is 1.45. The van der Waals surface area contributed by atoms with Crippen LogP contribution >= 0.6 is 0 Å². The van der Waals surface area contributed by atoms with Crippen LogP contribution in [0.15, 0.2) is 72.3 Å². The molecule has 0 bridgehead atoms. The molecule has 1 unspecified atom stereocenters. The number of rotatable bonds is 4. The molecule has 38 heavy (non-hydrogen) atoms. The summed E-state index contributed by atoms with van der Waals surface area (Å²) < 4.78 is 3.43. The van der Waals surface area contributed by atoms with E-state index in [2.05, 4.69) is 31.8 Å². The molecule has 0 spiro atoms. The van der Waals surface area contributed by atoms with Crippen molar-refractivity contribution in [3.8, 4) is 16.8 Å². The van der Waals surface area contributed by atoms with Gasteiger partial charge in [-0.15, -0.1) is 0 Å². The van der Waals surface area contributed by atoms with Crippen molar-refractivity contribution in [2.45, 2.75) is 25.8 Å². The van der Waals surface area contributed by atoms with Crippen LogP contribution in [0, 0.1) is 6.92 Å². The number of nitrogen functional groups attached to an aromatic ring is 1. The molecule has 188 valence electrons. The smallest absolute Gasteiger partial charge is 0.282 e. The Morgan fingerprint density at radius 1 is 1.05 bits per heavy atom. The van der Waals surface area contributed by atoms with E-state index in [1.54, 1.807) is 27.8 Å². The van der Waals surface area contributed by atoms with E-state index in [0.29, 0.717) is 17.0 Å². The summed E-state index contributed by atoms with van der Waals surface area (Å²) in [6.45, 7) is 4.77. The van der Waals surface area contributed by atoms with Crippen LogP contribution in [0.5, 0.6) is 0 Å². The molecule has 6 aromatic rings. The van der Waals surface area contributed by atoms with Gasteiger partial charge in [-0.1, -0.05) is 18.2 Å². The van der Waals surface area contributed by atoms with E-state index < -0.39 is 5.54 Å². The molecule has 1 aliphatic rings. The van der Waals surface area contributed by atoms with Gasteiger partial charge in [0.05, 0.1) is 11.1 Å². The maximum Gasteiger partial charge on any atom is 0.282 e. The highest BCUT2D eigenvalue weighted by atomic mass is 16.1. The van der Waals surface area contributed by atoms with E-state index in [9.17, 15) is 4.79 Å². The number of aryl methyl sites for hydroxylation is 1. The van der Waals surface area contributed by atoms with Crippen LogP contribution in [0.2, 0.25) is 0 Å². The second-order valence-corrected chi connectivity index (χ2v) is 9.72. The molecule has 0 amide bonds. The zero-order valence-corrected chi connectivity index (χ0v) is 20.8. The van der Waals surface area contributed by atoms with Crippen molar-refractivity contribution in [3.63, 3.8) is 0 Å². The third-order valence-electron chi connectivity index (χ3n) is 7.49. The molecule has 11 nitrogen and oxygen atoms in total. The van der Waals surface area contributed by atoms with E-state index in [1.165, 1.54) is 0 Å². The van der Waals surface area contributed by atoms with Crippen molar-refractivity contribution < 1.29 is 0 Å². The van der Waals surface area contributed by atoms with Crippen LogP contribution in [-0.2, 0) is 5.54 Å². The molecule has 3 N–H and O–H groups in total. The van der Waals surface area contributed by atoms with Gasteiger partial charge in [-0.2, -0.15) is 5.10 Å². The minimum atomic E-state index is -0.616. The predicted octanol–water partition coefficient (Wildman–Crippen LogP) is 3.23. The molecule has 7 rings (SSSR count). The van der Waals surface area contributed by atoms with Crippen LogP contribution in [-0.4, -0.2) is 45.6 Å². The number of fused-ring (bicyclic) bond motifs is 2. The summed E-state index contributed by atoms with van der Waals surface area (Å²) >= 11 is 0. The number of hydrogen-bond acceptors (Lipinski definition) is 8. The maximum atomic E-state index is 13.9. The van der Waals surface area contributed by atoms with Gasteiger partial charge in [-0.3, -0.25) is 9.36 Å². The van der Waals surface area contributed by atoms with Gasteiger partial charge >= 0.3 is 0 Å². The van der Waals surface area contributed by atoms with E-state index in [0.717, 1.165) is 46.5 Å². The summed E-state index contributed by atoms with van der Waals surface area (Å²) in [4.78, 5) is 36.9. The average molecular weight is 505 g/mol. The molecule has 6 heterocycles. The van der Waals surface area contributed by atoms with Crippen molar-refractivity contribution in [3.05, 3.63) is 89.3 Å². The number of anilines is 2. The minimum absolute atomic E-state index is 0.106. The van der Waals surface area contributed by atoms with Crippen LogP contribution in [0.25, 0.3) is 33.4 Å². The molecule has 0 radical (unpaired) electrons. The van der Waals surface area contributed by atoms with Gasteiger partial charge < -0.3 is 15.6 Å². The summed E-state index contributed by atoms with van der Waals surface area (Å²) in [5.74, 6) is 1.60. The topological polar surface area (TPSA) is 136 Å². The lowest BCUT2D eigenvalue weighted by atomic mass is 9.84. The highest BCUT2D eigenvalue weighted by Gasteiger charge is 2.48. The van der Waals surface area contributed by atoms with Crippen LogP contribution in [0.4, 0.5) is 11.8 Å². The number of aromatic nitrogens is 8. The monoisotopic (exact) mass is 504 g/mol. The first-order valence-electron chi connectivity index (χ1n) is 12.3. The van der Waals surface area contributed by atoms with Gasteiger partial charge in [0, 0.05) is 42.5 Å². The van der Waals surface area contributed by atoms with Gasteiger partial charge in [-0.05, 0) is 44.0 Å². The summed E-state index contributed by atoms with van der Waals surface area (Å²) in [6, 6.07) is 11.6. The normalized spacial score (nSPS) is 17.3. The number of benzene rings is 1. The largest absolute Gasteiger partial charge is 0.368 e. The van der Waals surface area contributed by atoms with E-state index in [1.807, 2.05) is 55.7 Å². The SMILES string of the molecule is Cc1ccn2nc(C3(C)CCN3c3ncnc4[nH]cc(-c5cnc(N)nc5)c34)n(-c3ccccc3)c(=O)c12. The Hall–Kier alpha value is -5.06. The number of H-pyrrole nitrogens is 1. The Bertz CT molecular complexity index is 1890. The maximum absolute atomic E-state index is 13.9. The summed E-state index contributed by atoms with van der Waals surface area (Å²) in [6.07, 6.45) is 9.43. The second-order valence-electron chi connectivity index (χ2n) is 9.72. The molecule has 1 saturated heterocycles. The van der Waals surface area contributed by atoms with Crippen molar-refractivity contribution in [1.82, 2.24) is 39.1 Å². The number of hydrogen-bond donors (Lipinski definition) is 2. The van der Waals surface area contributed by atoms with Crippen molar-refractivity contribution in [2.75, 3.05) is 17.2 Å². The average Bonchev–Trinajstić information content (AvgIpc) is 3.53. The van der Waals surface area contributed by atoms with Crippen molar-refractivity contribution >= 4 is 28.3 Å². The fourth-order valence-corrected chi connectivity index (χ4v) is 5.37. The Morgan fingerprint density at radius 3 is 2.58 bits per heavy atom. The molecule has 1 fully saturated rings. The molecule has 0 saturated carbocycles. The summed E-state index contributed by atoms with van der Waals surface area (Å²) in [5.41, 5.74) is 9.57. The van der Waals surface area contributed by atoms with E-state index in [4.69, 9.17) is 15.8 Å². The second kappa shape index (κ2) is 7.97. The van der Waals surface area contributed by atoms with Gasteiger partial charge in [0.2, 0.25) is 5.95 Å². The summed E-state index contributed by atoms with van der Waals surface area (Å²) in [5, 5.41) is 5.86. The predicted molar refractivity (Wildman–Crippen MR) is 144 cm³/mol. The molecule has 11 heteroatoms. The number of para-hydroxylation sites is 1. The third kappa shape index (κ3) is 3.08. The van der Waals surface area contributed by atoms with E-state index in [-0.39, 0.29) is 11.5 Å². The zero-order valence-electron chi connectivity index (χ0n) is 20.8. The molecule has 0 aliphatic carbocycles. The van der Waals surface area contributed by atoms with E-state index >= 15 is 0 Å². The Kier molecular flexibility index (Phi) is 4.65. The molecule has 1 aliphatic heterocycles. The number of nitrogens with zero attached hydrogens (tertiary/aromatic N) is 8. The van der Waals surface area contributed by atoms with Crippen LogP contribution in [0.1, 0.15) is 24.7 Å². The van der Waals surface area contributed by atoms with Crippen LogP contribution < -0.4 is 16.2 Å². The number of nitrogens with two attached hydrogens (primary N) is 1. The first kappa shape index (κ1) is 22.2. The van der Waals surface area contributed by atoms with Gasteiger partial charge in [0.1, 0.15) is 28.8 Å². The first-order valence-corrected chi connectivity index (χ1v) is 12.3. The van der Waals surface area contributed by atoms with Gasteiger partial charge in [0.15, 0.2) is 5.82 Å². The van der Waals surface area contributed by atoms with Crippen LogP contribution in [0.3, 0.4) is 0 Å². The highest BCUT2D eigenvalue weighted by molar-refractivity contribution is 6.01. The lowest BCUT2D eigenvalue weighted by molar-refractivity contribution is 0.278. The molecular weight excluding hydrogens is 480 g/mol. The van der Waals surface area contributed by atoms with Crippen molar-refractivity contribution in [2.24, 2.45) is 0 Å². The minimum Gasteiger partial charge on any atom is -0.368 e. The Morgan fingerprint density at radius 2 is 1.84 bits per heavy atom. The number of nitrogens with one attached hydrogen (secondary N) is 1. The quantitative estimate of drug-likeness (QED) is 0.373. The van der Waals surface area contributed by atoms with Gasteiger partial charge in [0.25, 0.3) is 5.56 Å². The standard InChI is InChI=1S/C27H24N10O/c1-16-8-10-36-21(16)24(38)37(18-6-4-3-5-7-18)25(34-36)27(2)9-11-35(27)23-20-19(14-29-22(20)32-15-33-23)17-12-30-26(28)31-13-17/h3-8,10,12-15H,9,11H2,1-2H3,(H2,28,30,31)(H,29,32,33). The number of aromatic amines is 1. The molecule has 5 aromatic heterocycles. The Labute approximate surface area is 216 Å². The zero-order chi connectivity index (χ0) is 26.0. The van der Waals surface area contributed by atoms with Gasteiger partial charge in [-0.25, -0.2) is 24.5 Å².